The molecule has 3 heterocycles. The Kier molecular flexibility index (Phi) is 6.20. The van der Waals surface area contributed by atoms with Gasteiger partial charge in [0.2, 0.25) is 5.91 Å². The van der Waals surface area contributed by atoms with Crippen LogP contribution in [-0.4, -0.2) is 46.5 Å². The van der Waals surface area contributed by atoms with Gasteiger partial charge in [0, 0.05) is 23.8 Å². The van der Waals surface area contributed by atoms with E-state index in [1.54, 1.807) is 6.92 Å². The van der Waals surface area contributed by atoms with Gasteiger partial charge in [0.1, 0.15) is 0 Å². The number of likely N-dealkylation sites (tertiary alicyclic amines) is 1. The molecule has 0 aliphatic carbocycles. The van der Waals surface area contributed by atoms with E-state index in [2.05, 4.69) is 4.99 Å². The van der Waals surface area contributed by atoms with Crippen molar-refractivity contribution < 1.29 is 14.3 Å². The molecule has 0 bridgehead atoms. The molecule has 3 aliphatic rings. The number of fused-ring (bicyclic) bond motifs is 1. The van der Waals surface area contributed by atoms with E-state index in [0.29, 0.717) is 16.3 Å². The van der Waals surface area contributed by atoms with Crippen LogP contribution in [0.5, 0.6) is 0 Å². The van der Waals surface area contributed by atoms with Crippen molar-refractivity contribution in [3.63, 3.8) is 0 Å². The van der Waals surface area contributed by atoms with Gasteiger partial charge in [-0.05, 0) is 49.8 Å². The van der Waals surface area contributed by atoms with Crippen molar-refractivity contribution in [2.75, 3.05) is 19.7 Å². The fraction of sp³-hybridized carbons (Fsp3) is 0.409. The number of rotatable bonds is 5. The second-order valence-corrected chi connectivity index (χ2v) is 8.70. The Morgan fingerprint density at radius 3 is 2.60 bits per heavy atom. The largest absolute Gasteiger partial charge is 0.463 e. The molecule has 158 valence electrons. The van der Waals surface area contributed by atoms with Crippen molar-refractivity contribution in [2.45, 2.75) is 39.2 Å². The third-order valence-corrected chi connectivity index (χ3v) is 6.61. The van der Waals surface area contributed by atoms with Crippen molar-refractivity contribution in [1.29, 1.82) is 0 Å². The summed E-state index contributed by atoms with van der Waals surface area (Å²) in [7, 11) is 0. The van der Waals surface area contributed by atoms with Crippen LogP contribution >= 0.6 is 23.4 Å². The Bertz CT molecular complexity index is 949. The van der Waals surface area contributed by atoms with Crippen LogP contribution in [0.1, 0.15) is 44.7 Å². The van der Waals surface area contributed by atoms with Gasteiger partial charge in [-0.2, -0.15) is 0 Å². The molecule has 0 saturated carbocycles. The van der Waals surface area contributed by atoms with Crippen LogP contribution in [0.2, 0.25) is 5.02 Å². The summed E-state index contributed by atoms with van der Waals surface area (Å²) >= 11 is 7.58. The van der Waals surface area contributed by atoms with Crippen LogP contribution in [0.3, 0.4) is 0 Å². The summed E-state index contributed by atoms with van der Waals surface area (Å²) < 4.78 is 5.35. The predicted octanol–water partition coefficient (Wildman–Crippen LogP) is 4.49. The first-order valence-electron chi connectivity index (χ1n) is 10.1. The number of amides is 1. The van der Waals surface area contributed by atoms with Crippen LogP contribution in [0.4, 0.5) is 0 Å². The molecule has 4 rings (SSSR count). The van der Waals surface area contributed by atoms with Crippen molar-refractivity contribution in [3.05, 3.63) is 57.2 Å². The summed E-state index contributed by atoms with van der Waals surface area (Å²) in [5.74, 6) is -0.278. The summed E-state index contributed by atoms with van der Waals surface area (Å²) in [4.78, 5) is 34.3. The maximum absolute atomic E-state index is 12.9. The molecule has 1 aromatic carbocycles. The highest BCUT2D eigenvalue weighted by molar-refractivity contribution is 8.16. The number of halogens is 1. The van der Waals surface area contributed by atoms with Crippen LogP contribution in [0.15, 0.2) is 51.6 Å². The van der Waals surface area contributed by atoms with Gasteiger partial charge in [-0.3, -0.25) is 4.79 Å². The van der Waals surface area contributed by atoms with Gasteiger partial charge in [0.05, 0.1) is 30.3 Å². The molecule has 0 spiro atoms. The number of hydrogen-bond donors (Lipinski definition) is 0. The fourth-order valence-electron chi connectivity index (χ4n) is 4.03. The molecule has 1 fully saturated rings. The van der Waals surface area contributed by atoms with Crippen molar-refractivity contribution in [2.24, 2.45) is 4.99 Å². The molecule has 8 heteroatoms. The molecule has 1 saturated heterocycles. The minimum atomic E-state index is -0.415. The van der Waals surface area contributed by atoms with E-state index in [1.165, 1.54) is 11.8 Å². The lowest BCUT2D eigenvalue weighted by Gasteiger charge is -2.36. The maximum Gasteiger partial charge on any atom is 0.338 e. The number of carbonyl (C=O) groups excluding carboxylic acids is 2. The van der Waals surface area contributed by atoms with Crippen molar-refractivity contribution in [1.82, 2.24) is 9.80 Å². The third kappa shape index (κ3) is 4.01. The molecule has 0 N–H and O–H groups in total. The summed E-state index contributed by atoms with van der Waals surface area (Å²) in [5.41, 5.74) is 2.87. The van der Waals surface area contributed by atoms with E-state index >= 15 is 0 Å². The Balaban J connectivity index is 1.71. The molecule has 6 nitrogen and oxygen atoms in total. The zero-order valence-electron chi connectivity index (χ0n) is 17.1. The summed E-state index contributed by atoms with van der Waals surface area (Å²) in [5, 5.41) is 3.36. The minimum absolute atomic E-state index is 0.111. The van der Waals surface area contributed by atoms with E-state index in [1.807, 2.05) is 46.4 Å². The fourth-order valence-corrected chi connectivity index (χ4v) is 5.12. The van der Waals surface area contributed by atoms with Gasteiger partial charge in [-0.25, -0.2) is 9.79 Å². The van der Waals surface area contributed by atoms with Gasteiger partial charge in [0.25, 0.3) is 0 Å². The predicted molar refractivity (Wildman–Crippen MR) is 119 cm³/mol. The number of nitrogens with zero attached hydrogens (tertiary/aromatic N) is 3. The number of amidine groups is 1. The molecule has 1 aromatic rings. The summed E-state index contributed by atoms with van der Waals surface area (Å²) in [6, 6.07) is 7.02. The normalized spacial score (nSPS) is 20.8. The van der Waals surface area contributed by atoms with E-state index in [0.717, 1.165) is 42.4 Å². The molecule has 30 heavy (non-hydrogen) atoms. The third-order valence-electron chi connectivity index (χ3n) is 5.47. The number of benzene rings is 1. The molecular weight excluding hydrogens is 422 g/mol. The second-order valence-electron chi connectivity index (χ2n) is 7.43. The highest BCUT2D eigenvalue weighted by Crippen LogP contribution is 2.45. The number of ether oxygens (including phenoxy) is 1. The molecular formula is C22H24ClN3O3S. The van der Waals surface area contributed by atoms with Crippen LogP contribution in [-0.2, 0) is 14.3 Å². The van der Waals surface area contributed by atoms with Crippen LogP contribution < -0.4 is 0 Å². The van der Waals surface area contributed by atoms with Gasteiger partial charge < -0.3 is 14.5 Å². The summed E-state index contributed by atoms with van der Waals surface area (Å²) in [6.45, 7) is 5.52. The van der Waals surface area contributed by atoms with E-state index in [9.17, 15) is 9.59 Å². The van der Waals surface area contributed by atoms with Crippen molar-refractivity contribution in [3.8, 4) is 0 Å². The quantitative estimate of drug-likeness (QED) is 0.625. The van der Waals surface area contributed by atoms with Crippen molar-refractivity contribution >= 4 is 40.4 Å². The smallest absolute Gasteiger partial charge is 0.338 e. The molecule has 0 aromatic heterocycles. The number of aliphatic imine (C=N–C) groups is 1. The lowest BCUT2D eigenvalue weighted by Crippen LogP contribution is -2.38. The van der Waals surface area contributed by atoms with Gasteiger partial charge >= 0.3 is 5.97 Å². The number of hydrogen-bond acceptors (Lipinski definition) is 6. The van der Waals surface area contributed by atoms with Crippen LogP contribution in [0.25, 0.3) is 0 Å². The number of carbonyl (C=O) groups is 2. The number of thioether (sulfide) groups is 1. The van der Waals surface area contributed by atoms with E-state index in [-0.39, 0.29) is 24.9 Å². The van der Waals surface area contributed by atoms with Gasteiger partial charge in [-0.1, -0.05) is 35.5 Å². The standard InChI is InChI=1S/C22H24ClN3O3S/c1-3-29-21(28)19-14(2)24-22-26(20(19)15-6-8-16(23)9-7-15)17(13-30-22)12-18(27)25-10-4-5-11-25/h6-9,13,20H,3-5,10-12H2,1-2H3/t20-/m0/s1. The average molecular weight is 446 g/mol. The first-order valence-corrected chi connectivity index (χ1v) is 11.4. The van der Waals surface area contributed by atoms with E-state index < -0.39 is 6.04 Å². The highest BCUT2D eigenvalue weighted by atomic mass is 35.5. The first kappa shape index (κ1) is 21.0. The lowest BCUT2D eigenvalue weighted by atomic mass is 9.94. The maximum atomic E-state index is 12.9. The topological polar surface area (TPSA) is 62.2 Å². The van der Waals surface area contributed by atoms with Gasteiger partial charge in [-0.15, -0.1) is 0 Å². The number of esters is 1. The lowest BCUT2D eigenvalue weighted by molar-refractivity contribution is -0.139. The monoisotopic (exact) mass is 445 g/mol. The Hall–Kier alpha value is -2.25. The minimum Gasteiger partial charge on any atom is -0.463 e. The van der Waals surface area contributed by atoms with E-state index in [4.69, 9.17) is 16.3 Å². The second kappa shape index (κ2) is 8.86. The molecule has 1 atom stereocenters. The Morgan fingerprint density at radius 2 is 1.93 bits per heavy atom. The van der Waals surface area contributed by atoms with Gasteiger partial charge in [0.15, 0.2) is 5.17 Å². The zero-order valence-corrected chi connectivity index (χ0v) is 18.6. The number of allylic oxidation sites excluding steroid dienone is 1. The zero-order chi connectivity index (χ0) is 21.3. The average Bonchev–Trinajstić information content (AvgIpc) is 3.38. The molecule has 1 amide bonds. The Labute approximate surface area is 185 Å². The highest BCUT2D eigenvalue weighted by Gasteiger charge is 2.41. The Morgan fingerprint density at radius 1 is 1.23 bits per heavy atom. The molecule has 0 unspecified atom stereocenters. The summed E-state index contributed by atoms with van der Waals surface area (Å²) in [6.07, 6.45) is 2.39. The SMILES string of the molecule is CCOC(=O)C1=C(C)N=C2SC=C(CC(=O)N3CCCC3)N2[C@H]1c1ccc(Cl)cc1. The van der Waals surface area contributed by atoms with Crippen LogP contribution in [0, 0.1) is 0 Å². The first-order chi connectivity index (χ1) is 14.5. The molecule has 0 radical (unpaired) electrons. The molecule has 3 aliphatic heterocycles.